The minimum atomic E-state index is -0.406. The molecule has 0 atom stereocenters. The van der Waals surface area contributed by atoms with Crippen LogP contribution in [-0.4, -0.2) is 24.7 Å². The summed E-state index contributed by atoms with van der Waals surface area (Å²) in [5.74, 6) is 0.401. The van der Waals surface area contributed by atoms with Gasteiger partial charge in [-0.25, -0.2) is 9.78 Å². The zero-order chi connectivity index (χ0) is 14.4. The summed E-state index contributed by atoms with van der Waals surface area (Å²) in [5, 5.41) is 3.90. The fourth-order valence-electron chi connectivity index (χ4n) is 1.74. The van der Waals surface area contributed by atoms with Gasteiger partial charge in [-0.15, -0.1) is 11.3 Å². The van der Waals surface area contributed by atoms with E-state index in [1.807, 2.05) is 24.3 Å². The van der Waals surface area contributed by atoms with Crippen molar-refractivity contribution in [1.29, 1.82) is 0 Å². The average molecular weight is 292 g/mol. The molecule has 0 aliphatic carbocycles. The van der Waals surface area contributed by atoms with Crippen LogP contribution < -0.4 is 10.1 Å². The van der Waals surface area contributed by atoms with E-state index in [0.29, 0.717) is 23.8 Å². The van der Waals surface area contributed by atoms with Gasteiger partial charge in [0.1, 0.15) is 10.8 Å². The van der Waals surface area contributed by atoms with Gasteiger partial charge in [0.05, 0.1) is 19.2 Å². The van der Waals surface area contributed by atoms with Gasteiger partial charge in [-0.1, -0.05) is 18.2 Å². The lowest BCUT2D eigenvalue weighted by Crippen LogP contribution is -2.09. The van der Waals surface area contributed by atoms with Gasteiger partial charge < -0.3 is 14.8 Å². The van der Waals surface area contributed by atoms with Crippen molar-refractivity contribution in [3.63, 3.8) is 0 Å². The number of hydrogen-bond donors (Lipinski definition) is 1. The Kier molecular flexibility index (Phi) is 4.95. The molecule has 0 saturated heterocycles. The molecule has 0 bridgehead atoms. The second kappa shape index (κ2) is 6.91. The summed E-state index contributed by atoms with van der Waals surface area (Å²) in [6.07, 6.45) is 0. The van der Waals surface area contributed by atoms with Crippen LogP contribution in [0.1, 0.15) is 23.0 Å². The molecule has 0 unspecified atom stereocenters. The first-order chi connectivity index (χ1) is 9.76. The fraction of sp³-hybridized carbons (Fsp3) is 0.286. The van der Waals surface area contributed by atoms with Crippen LogP contribution in [0.5, 0.6) is 5.75 Å². The molecule has 0 aliphatic heterocycles. The molecule has 5 nitrogen and oxygen atoms in total. The van der Waals surface area contributed by atoms with E-state index >= 15 is 0 Å². The van der Waals surface area contributed by atoms with E-state index in [4.69, 9.17) is 9.47 Å². The second-order valence-corrected chi connectivity index (χ2v) is 4.77. The number of aromatic nitrogens is 1. The van der Waals surface area contributed by atoms with Crippen molar-refractivity contribution in [2.24, 2.45) is 0 Å². The molecule has 106 valence electrons. The molecule has 1 heterocycles. The van der Waals surface area contributed by atoms with E-state index in [9.17, 15) is 4.79 Å². The van der Waals surface area contributed by atoms with Crippen LogP contribution >= 0.6 is 11.3 Å². The molecule has 2 rings (SSSR count). The number of anilines is 1. The highest BCUT2D eigenvalue weighted by Gasteiger charge is 2.16. The zero-order valence-corrected chi connectivity index (χ0v) is 12.2. The van der Waals surface area contributed by atoms with E-state index in [2.05, 4.69) is 10.3 Å². The van der Waals surface area contributed by atoms with Crippen LogP contribution in [0.3, 0.4) is 0 Å². The van der Waals surface area contributed by atoms with Gasteiger partial charge in [0.2, 0.25) is 0 Å². The summed E-state index contributed by atoms with van der Waals surface area (Å²) in [4.78, 5) is 15.8. The highest BCUT2D eigenvalue weighted by Crippen LogP contribution is 2.24. The van der Waals surface area contributed by atoms with Gasteiger partial charge in [-0.2, -0.15) is 0 Å². The SMILES string of the molecule is CCOC(=O)c1ncsc1NCc1ccccc1OC. The summed E-state index contributed by atoms with van der Waals surface area (Å²) in [6.45, 7) is 2.66. The van der Waals surface area contributed by atoms with E-state index in [1.165, 1.54) is 11.3 Å². The van der Waals surface area contributed by atoms with Crippen LogP contribution in [0.2, 0.25) is 0 Å². The quantitative estimate of drug-likeness (QED) is 0.829. The van der Waals surface area contributed by atoms with Crippen LogP contribution in [0, 0.1) is 0 Å². The molecule has 0 aliphatic rings. The van der Waals surface area contributed by atoms with Gasteiger partial charge in [-0.05, 0) is 13.0 Å². The largest absolute Gasteiger partial charge is 0.496 e. The van der Waals surface area contributed by atoms with Crippen molar-refractivity contribution in [1.82, 2.24) is 4.98 Å². The first-order valence-electron chi connectivity index (χ1n) is 6.22. The average Bonchev–Trinajstić information content (AvgIpc) is 2.94. The lowest BCUT2D eigenvalue weighted by atomic mass is 10.2. The number of ether oxygens (including phenoxy) is 2. The van der Waals surface area contributed by atoms with Gasteiger partial charge in [0.15, 0.2) is 5.69 Å². The minimum Gasteiger partial charge on any atom is -0.496 e. The Morgan fingerprint density at radius 2 is 2.20 bits per heavy atom. The highest BCUT2D eigenvalue weighted by molar-refractivity contribution is 7.14. The van der Waals surface area contributed by atoms with E-state index in [1.54, 1.807) is 19.5 Å². The van der Waals surface area contributed by atoms with Crippen molar-refractivity contribution in [3.05, 3.63) is 41.0 Å². The summed E-state index contributed by atoms with van der Waals surface area (Å²) < 4.78 is 10.3. The Balaban J connectivity index is 2.08. The molecule has 20 heavy (non-hydrogen) atoms. The smallest absolute Gasteiger partial charge is 0.360 e. The summed E-state index contributed by atoms with van der Waals surface area (Å²) >= 11 is 1.37. The molecule has 0 radical (unpaired) electrons. The van der Waals surface area contributed by atoms with Crippen LogP contribution in [-0.2, 0) is 11.3 Å². The molecule has 1 N–H and O–H groups in total. The number of para-hydroxylation sites is 1. The monoisotopic (exact) mass is 292 g/mol. The first-order valence-corrected chi connectivity index (χ1v) is 7.10. The molecular weight excluding hydrogens is 276 g/mol. The molecule has 2 aromatic rings. The Bertz CT molecular complexity index is 583. The minimum absolute atomic E-state index is 0.326. The molecule has 0 fully saturated rings. The van der Waals surface area contributed by atoms with Crippen molar-refractivity contribution >= 4 is 22.3 Å². The summed E-state index contributed by atoms with van der Waals surface area (Å²) in [7, 11) is 1.63. The zero-order valence-electron chi connectivity index (χ0n) is 11.4. The summed E-state index contributed by atoms with van der Waals surface area (Å²) in [6, 6.07) is 7.73. The van der Waals surface area contributed by atoms with E-state index in [0.717, 1.165) is 11.3 Å². The lowest BCUT2D eigenvalue weighted by molar-refractivity contribution is 0.0521. The Labute approximate surface area is 121 Å². The molecule has 6 heteroatoms. The third kappa shape index (κ3) is 3.27. The van der Waals surface area contributed by atoms with Crippen LogP contribution in [0.4, 0.5) is 5.00 Å². The van der Waals surface area contributed by atoms with Crippen molar-refractivity contribution in [3.8, 4) is 5.75 Å². The van der Waals surface area contributed by atoms with Gasteiger partial charge in [0, 0.05) is 12.1 Å². The maximum Gasteiger partial charge on any atom is 0.360 e. The molecule has 1 aromatic carbocycles. The molecule has 0 amide bonds. The topological polar surface area (TPSA) is 60.5 Å². The van der Waals surface area contributed by atoms with Gasteiger partial charge in [-0.3, -0.25) is 0 Å². The number of nitrogens with zero attached hydrogens (tertiary/aromatic N) is 1. The second-order valence-electron chi connectivity index (χ2n) is 3.92. The van der Waals surface area contributed by atoms with Crippen molar-refractivity contribution < 1.29 is 14.3 Å². The van der Waals surface area contributed by atoms with E-state index < -0.39 is 5.97 Å². The number of carbonyl (C=O) groups is 1. The van der Waals surface area contributed by atoms with Gasteiger partial charge in [0.25, 0.3) is 0 Å². The Hall–Kier alpha value is -2.08. The Morgan fingerprint density at radius 3 is 2.95 bits per heavy atom. The lowest BCUT2D eigenvalue weighted by Gasteiger charge is -2.09. The number of hydrogen-bond acceptors (Lipinski definition) is 6. The number of carbonyl (C=O) groups excluding carboxylic acids is 1. The number of benzene rings is 1. The molecule has 0 spiro atoms. The van der Waals surface area contributed by atoms with E-state index in [-0.39, 0.29) is 0 Å². The molecule has 1 aromatic heterocycles. The standard InChI is InChI=1S/C14H16N2O3S/c1-3-19-14(17)12-13(20-9-16-12)15-8-10-6-4-5-7-11(10)18-2/h4-7,9,15H,3,8H2,1-2H3. The van der Waals surface area contributed by atoms with Crippen LogP contribution in [0.15, 0.2) is 29.8 Å². The first kappa shape index (κ1) is 14.3. The maximum atomic E-state index is 11.7. The molecule has 0 saturated carbocycles. The number of nitrogens with one attached hydrogen (secondary N) is 1. The van der Waals surface area contributed by atoms with Crippen molar-refractivity contribution in [2.75, 3.05) is 19.0 Å². The Morgan fingerprint density at radius 1 is 1.40 bits per heavy atom. The fourth-order valence-corrected chi connectivity index (χ4v) is 2.41. The number of rotatable bonds is 6. The number of methoxy groups -OCH3 is 1. The maximum absolute atomic E-state index is 11.7. The predicted molar refractivity (Wildman–Crippen MR) is 78.4 cm³/mol. The molecular formula is C14H16N2O3S. The predicted octanol–water partition coefficient (Wildman–Crippen LogP) is 2.94. The third-order valence-corrected chi connectivity index (χ3v) is 3.45. The number of thiazole rings is 1. The highest BCUT2D eigenvalue weighted by atomic mass is 32.1. The summed E-state index contributed by atoms with van der Waals surface area (Å²) in [5.41, 5.74) is 2.96. The normalized spacial score (nSPS) is 10.1. The van der Waals surface area contributed by atoms with Gasteiger partial charge >= 0.3 is 5.97 Å². The van der Waals surface area contributed by atoms with Crippen molar-refractivity contribution in [2.45, 2.75) is 13.5 Å². The third-order valence-electron chi connectivity index (χ3n) is 2.67. The number of esters is 1. The van der Waals surface area contributed by atoms with Crippen LogP contribution in [0.25, 0.3) is 0 Å².